The molecule has 0 unspecified atom stereocenters. The Morgan fingerprint density at radius 2 is 2.29 bits per heavy atom. The minimum atomic E-state index is -0.132. The number of aryl methyl sites for hydroxylation is 1. The lowest BCUT2D eigenvalue weighted by atomic mass is 10.3. The van der Waals surface area contributed by atoms with E-state index in [0.717, 1.165) is 21.3 Å². The molecule has 0 atom stereocenters. The van der Waals surface area contributed by atoms with Crippen LogP contribution in [0.5, 0.6) is 0 Å². The van der Waals surface area contributed by atoms with Crippen LogP contribution in [-0.2, 0) is 11.2 Å². The van der Waals surface area contributed by atoms with Gasteiger partial charge in [-0.05, 0) is 17.4 Å². The summed E-state index contributed by atoms with van der Waals surface area (Å²) in [5.41, 5.74) is 1.70. The largest absolute Gasteiger partial charge is 0.302 e. The van der Waals surface area contributed by atoms with E-state index in [4.69, 9.17) is 0 Å². The summed E-state index contributed by atoms with van der Waals surface area (Å²) in [5.74, 6) is 0.544. The van der Waals surface area contributed by atoms with E-state index < -0.39 is 0 Å². The van der Waals surface area contributed by atoms with E-state index in [1.165, 1.54) is 29.6 Å². The standard InChI is InChI=1S/C11H11N7OS2/c1-5-10(21-11(12-5)13-6(2)19)7-4-20-9(14-7)3-8-15-17-18-16-8/h4H,3H2,1-2H3,(H,12,13,19)(H,15,16,17,18). The van der Waals surface area contributed by atoms with Gasteiger partial charge in [-0.25, -0.2) is 15.1 Å². The van der Waals surface area contributed by atoms with Crippen molar-refractivity contribution in [1.29, 1.82) is 0 Å². The molecule has 3 heterocycles. The van der Waals surface area contributed by atoms with E-state index in [1.54, 1.807) is 0 Å². The second-order valence-corrected chi connectivity index (χ2v) is 6.21. The number of carbonyl (C=O) groups excluding carboxylic acids is 1. The number of nitrogens with one attached hydrogen (secondary N) is 2. The molecule has 0 radical (unpaired) electrons. The van der Waals surface area contributed by atoms with Crippen LogP contribution in [0.2, 0.25) is 0 Å². The summed E-state index contributed by atoms with van der Waals surface area (Å²) in [5, 5.41) is 19.8. The number of nitrogens with zero attached hydrogens (tertiary/aromatic N) is 5. The summed E-state index contributed by atoms with van der Waals surface area (Å²) in [7, 11) is 0. The predicted octanol–water partition coefficient (Wildman–Crippen LogP) is 1.64. The van der Waals surface area contributed by atoms with Gasteiger partial charge in [-0.15, -0.1) is 16.4 Å². The van der Waals surface area contributed by atoms with Gasteiger partial charge in [0.2, 0.25) is 5.91 Å². The quantitative estimate of drug-likeness (QED) is 0.756. The molecule has 2 N–H and O–H groups in total. The number of hydrogen-bond acceptors (Lipinski definition) is 8. The molecule has 10 heteroatoms. The molecule has 0 aromatic carbocycles. The van der Waals surface area contributed by atoms with E-state index in [0.29, 0.717) is 17.4 Å². The maximum Gasteiger partial charge on any atom is 0.223 e. The minimum Gasteiger partial charge on any atom is -0.302 e. The first kappa shape index (κ1) is 13.8. The van der Waals surface area contributed by atoms with E-state index in [9.17, 15) is 4.79 Å². The lowest BCUT2D eigenvalue weighted by Crippen LogP contribution is -2.04. The SMILES string of the molecule is CC(=O)Nc1nc(C)c(-c2csc(Cc3nnn[nH]3)n2)s1. The van der Waals surface area contributed by atoms with Crippen LogP contribution in [0, 0.1) is 6.92 Å². The molecule has 108 valence electrons. The van der Waals surface area contributed by atoms with Gasteiger partial charge in [-0.2, -0.15) is 0 Å². The lowest BCUT2D eigenvalue weighted by molar-refractivity contribution is -0.114. The van der Waals surface area contributed by atoms with Crippen LogP contribution >= 0.6 is 22.7 Å². The Bertz CT molecular complexity index is 761. The third kappa shape index (κ3) is 3.11. The number of amides is 1. The van der Waals surface area contributed by atoms with Crippen molar-refractivity contribution in [3.63, 3.8) is 0 Å². The van der Waals surface area contributed by atoms with Gasteiger partial charge in [0.25, 0.3) is 0 Å². The average molecular weight is 321 g/mol. The highest BCUT2D eigenvalue weighted by molar-refractivity contribution is 7.19. The van der Waals surface area contributed by atoms with Crippen LogP contribution < -0.4 is 5.32 Å². The van der Waals surface area contributed by atoms with Crippen molar-refractivity contribution in [1.82, 2.24) is 30.6 Å². The number of aromatic nitrogens is 6. The molecular formula is C11H11N7OS2. The molecule has 8 nitrogen and oxygen atoms in total. The zero-order valence-corrected chi connectivity index (χ0v) is 12.9. The molecule has 3 aromatic heterocycles. The molecule has 0 saturated heterocycles. The molecule has 21 heavy (non-hydrogen) atoms. The van der Waals surface area contributed by atoms with Gasteiger partial charge in [-0.1, -0.05) is 11.3 Å². The van der Waals surface area contributed by atoms with Crippen molar-refractivity contribution in [3.05, 3.63) is 21.9 Å². The Morgan fingerprint density at radius 1 is 1.43 bits per heavy atom. The summed E-state index contributed by atoms with van der Waals surface area (Å²) in [6.07, 6.45) is 0.564. The molecule has 0 aliphatic heterocycles. The Hall–Kier alpha value is -2.20. The number of aromatic amines is 1. The fourth-order valence-electron chi connectivity index (χ4n) is 1.73. The van der Waals surface area contributed by atoms with E-state index in [1.807, 2.05) is 12.3 Å². The summed E-state index contributed by atoms with van der Waals surface area (Å²) in [4.78, 5) is 20.9. The molecular weight excluding hydrogens is 310 g/mol. The maximum atomic E-state index is 11.1. The average Bonchev–Trinajstić information content (AvgIpc) is 3.11. The summed E-state index contributed by atoms with van der Waals surface area (Å²) in [6.45, 7) is 3.36. The monoisotopic (exact) mass is 321 g/mol. The number of H-pyrrole nitrogens is 1. The summed E-state index contributed by atoms with van der Waals surface area (Å²) in [6, 6.07) is 0. The van der Waals surface area contributed by atoms with Gasteiger partial charge in [-0.3, -0.25) is 4.79 Å². The molecule has 0 fully saturated rings. The Morgan fingerprint density at radius 3 is 3.00 bits per heavy atom. The molecule has 0 aliphatic carbocycles. The lowest BCUT2D eigenvalue weighted by Gasteiger charge is -1.92. The van der Waals surface area contributed by atoms with Crippen LogP contribution in [0.15, 0.2) is 5.38 Å². The Balaban J connectivity index is 1.82. The normalized spacial score (nSPS) is 10.8. The second kappa shape index (κ2) is 5.66. The third-order valence-corrected chi connectivity index (χ3v) is 4.52. The van der Waals surface area contributed by atoms with Crippen LogP contribution in [0.25, 0.3) is 10.6 Å². The van der Waals surface area contributed by atoms with Gasteiger partial charge in [0, 0.05) is 12.3 Å². The number of carbonyl (C=O) groups is 1. The highest BCUT2D eigenvalue weighted by Gasteiger charge is 2.14. The Kier molecular flexibility index (Phi) is 3.71. The number of anilines is 1. The number of rotatable bonds is 4. The van der Waals surface area contributed by atoms with Gasteiger partial charge in [0.05, 0.1) is 22.7 Å². The van der Waals surface area contributed by atoms with E-state index >= 15 is 0 Å². The zero-order chi connectivity index (χ0) is 14.8. The van der Waals surface area contributed by atoms with Crippen molar-refractivity contribution in [2.45, 2.75) is 20.3 Å². The third-order valence-electron chi connectivity index (χ3n) is 2.57. The van der Waals surface area contributed by atoms with Gasteiger partial charge in [0.1, 0.15) is 5.01 Å². The minimum absolute atomic E-state index is 0.132. The van der Waals surface area contributed by atoms with Crippen LogP contribution in [0.3, 0.4) is 0 Å². The first-order valence-electron chi connectivity index (χ1n) is 6.04. The second-order valence-electron chi connectivity index (χ2n) is 4.27. The molecule has 0 saturated carbocycles. The highest BCUT2D eigenvalue weighted by Crippen LogP contribution is 2.33. The summed E-state index contributed by atoms with van der Waals surface area (Å²) < 4.78 is 0. The topological polar surface area (TPSA) is 109 Å². The van der Waals surface area contributed by atoms with Crippen molar-refractivity contribution >= 4 is 33.7 Å². The molecule has 3 rings (SSSR count). The van der Waals surface area contributed by atoms with Crippen LogP contribution in [0.4, 0.5) is 5.13 Å². The fourth-order valence-corrected chi connectivity index (χ4v) is 3.57. The predicted molar refractivity (Wildman–Crippen MR) is 79.2 cm³/mol. The van der Waals surface area contributed by atoms with E-state index in [-0.39, 0.29) is 5.91 Å². The fraction of sp³-hybridized carbons (Fsp3) is 0.273. The smallest absolute Gasteiger partial charge is 0.223 e. The summed E-state index contributed by atoms with van der Waals surface area (Å²) >= 11 is 2.95. The molecule has 0 bridgehead atoms. The highest BCUT2D eigenvalue weighted by atomic mass is 32.1. The zero-order valence-electron chi connectivity index (χ0n) is 11.2. The molecule has 0 aliphatic rings. The maximum absolute atomic E-state index is 11.1. The number of tetrazole rings is 1. The number of thiazole rings is 2. The Labute approximate surface area is 127 Å². The van der Waals surface area contributed by atoms with Crippen LogP contribution in [-0.4, -0.2) is 36.5 Å². The molecule has 0 spiro atoms. The van der Waals surface area contributed by atoms with Crippen LogP contribution in [0.1, 0.15) is 23.4 Å². The van der Waals surface area contributed by atoms with Gasteiger partial charge in [0.15, 0.2) is 11.0 Å². The van der Waals surface area contributed by atoms with Gasteiger partial charge >= 0.3 is 0 Å². The van der Waals surface area contributed by atoms with Crippen molar-refractivity contribution in [3.8, 4) is 10.6 Å². The first-order valence-corrected chi connectivity index (χ1v) is 7.74. The van der Waals surface area contributed by atoms with Gasteiger partial charge < -0.3 is 5.32 Å². The number of hydrogen-bond donors (Lipinski definition) is 2. The molecule has 1 amide bonds. The van der Waals surface area contributed by atoms with E-state index in [2.05, 4.69) is 35.9 Å². The molecule has 3 aromatic rings. The first-order chi connectivity index (χ1) is 10.1. The van der Waals surface area contributed by atoms with Crippen molar-refractivity contribution in [2.75, 3.05) is 5.32 Å². The van der Waals surface area contributed by atoms with Crippen molar-refractivity contribution in [2.24, 2.45) is 0 Å². The van der Waals surface area contributed by atoms with Crippen molar-refractivity contribution < 1.29 is 4.79 Å².